The van der Waals surface area contributed by atoms with Gasteiger partial charge in [0.15, 0.2) is 0 Å². The van der Waals surface area contributed by atoms with Crippen molar-refractivity contribution >= 4 is 25.8 Å². The minimum absolute atomic E-state index is 0.0589. The summed E-state index contributed by atoms with van der Waals surface area (Å²) in [6, 6.07) is 0. The summed E-state index contributed by atoms with van der Waals surface area (Å²) in [5.74, 6) is 1.24. The number of hydrogen-bond donors (Lipinski definition) is 0. The fraction of sp³-hybridized carbons (Fsp3) is 1.00. The van der Waals surface area contributed by atoms with Gasteiger partial charge in [0, 0.05) is 23.1 Å². The zero-order valence-corrected chi connectivity index (χ0v) is 12.7. The van der Waals surface area contributed by atoms with Gasteiger partial charge in [-0.15, -0.1) is 0 Å². The largest absolute Gasteiger partial charge is 0.377 e. The maximum absolute atomic E-state index is 11.7. The lowest BCUT2D eigenvalue weighted by Crippen LogP contribution is -2.36. The highest BCUT2D eigenvalue weighted by Crippen LogP contribution is 2.50. The number of ether oxygens (including phenoxy) is 1. The lowest BCUT2D eigenvalue weighted by molar-refractivity contribution is 0.0400. The van der Waals surface area contributed by atoms with E-state index in [4.69, 9.17) is 4.74 Å². The van der Waals surface area contributed by atoms with Gasteiger partial charge in [0.05, 0.1) is 11.9 Å². The topological polar surface area (TPSA) is 43.4 Å². The van der Waals surface area contributed by atoms with Gasteiger partial charge >= 0.3 is 0 Å². The Labute approximate surface area is 112 Å². The molecule has 1 saturated carbocycles. The summed E-state index contributed by atoms with van der Waals surface area (Å²) in [7, 11) is -2.86. The van der Waals surface area contributed by atoms with E-state index in [1.54, 1.807) is 6.92 Å². The molecule has 2 fully saturated rings. The quantitative estimate of drug-likeness (QED) is 0.704. The second kappa shape index (κ2) is 5.17. The van der Waals surface area contributed by atoms with E-state index >= 15 is 0 Å². The summed E-state index contributed by atoms with van der Waals surface area (Å²) in [5, 5.41) is 0.862. The number of hydrogen-bond acceptors (Lipinski definition) is 3. The molecule has 0 N–H and O–H groups in total. The van der Waals surface area contributed by atoms with E-state index in [2.05, 4.69) is 15.9 Å². The molecule has 0 bridgehead atoms. The molecule has 0 aromatic carbocycles. The molecule has 100 valence electrons. The summed E-state index contributed by atoms with van der Waals surface area (Å²) in [5.41, 5.74) is 0.0589. The van der Waals surface area contributed by atoms with E-state index < -0.39 is 9.84 Å². The van der Waals surface area contributed by atoms with Crippen LogP contribution < -0.4 is 0 Å². The third kappa shape index (κ3) is 3.04. The van der Waals surface area contributed by atoms with Gasteiger partial charge < -0.3 is 4.74 Å². The molecular weight excluding hydrogens is 304 g/mol. The van der Waals surface area contributed by atoms with Crippen LogP contribution in [0.3, 0.4) is 0 Å². The normalized spacial score (nSPS) is 34.1. The molecule has 0 radical (unpaired) electrons. The predicted molar refractivity (Wildman–Crippen MR) is 72.3 cm³/mol. The van der Waals surface area contributed by atoms with Gasteiger partial charge in [-0.2, -0.15) is 0 Å². The van der Waals surface area contributed by atoms with Crippen molar-refractivity contribution < 1.29 is 13.2 Å². The molecule has 2 aliphatic rings. The van der Waals surface area contributed by atoms with Crippen LogP contribution >= 0.6 is 15.9 Å². The SMILES string of the molecule is CCS(=O)(=O)CCC1(CBr)CCOC1C1CC1. The number of alkyl halides is 1. The summed E-state index contributed by atoms with van der Waals surface area (Å²) in [4.78, 5) is 0. The third-order valence-corrected chi connectivity index (χ3v) is 6.99. The third-order valence-electron chi connectivity index (χ3n) is 4.17. The first-order valence-electron chi connectivity index (χ1n) is 6.41. The maximum atomic E-state index is 11.7. The van der Waals surface area contributed by atoms with Crippen LogP contribution in [-0.2, 0) is 14.6 Å². The van der Waals surface area contributed by atoms with Crippen LogP contribution in [0.5, 0.6) is 0 Å². The Hall–Kier alpha value is 0.390. The van der Waals surface area contributed by atoms with Gasteiger partial charge in [-0.25, -0.2) is 8.42 Å². The second-order valence-electron chi connectivity index (χ2n) is 5.36. The molecule has 2 unspecified atom stereocenters. The van der Waals surface area contributed by atoms with Crippen LogP contribution in [0.25, 0.3) is 0 Å². The van der Waals surface area contributed by atoms with Gasteiger partial charge in [-0.05, 0) is 31.6 Å². The molecule has 0 spiro atoms. The first-order valence-corrected chi connectivity index (χ1v) is 9.35. The van der Waals surface area contributed by atoms with Crippen molar-refractivity contribution in [1.82, 2.24) is 0 Å². The van der Waals surface area contributed by atoms with Crippen molar-refractivity contribution in [2.24, 2.45) is 11.3 Å². The Kier molecular flexibility index (Phi) is 4.20. The highest BCUT2D eigenvalue weighted by Gasteiger charge is 2.50. The van der Waals surface area contributed by atoms with Crippen molar-refractivity contribution in [3.63, 3.8) is 0 Å². The molecule has 1 saturated heterocycles. The molecule has 1 heterocycles. The van der Waals surface area contributed by atoms with Crippen molar-refractivity contribution in [1.29, 1.82) is 0 Å². The Bertz CT molecular complexity index is 364. The van der Waals surface area contributed by atoms with E-state index in [0.29, 0.717) is 11.7 Å². The highest BCUT2D eigenvalue weighted by atomic mass is 79.9. The average Bonchev–Trinajstić information content (AvgIpc) is 3.08. The average molecular weight is 325 g/mol. The van der Waals surface area contributed by atoms with Gasteiger partial charge in [0.25, 0.3) is 0 Å². The number of halogens is 1. The van der Waals surface area contributed by atoms with Gasteiger partial charge in [0.2, 0.25) is 0 Å². The molecule has 0 amide bonds. The van der Waals surface area contributed by atoms with E-state index in [1.165, 1.54) is 12.8 Å². The molecule has 2 rings (SSSR count). The van der Waals surface area contributed by atoms with E-state index in [0.717, 1.165) is 24.8 Å². The summed E-state index contributed by atoms with van der Waals surface area (Å²) < 4.78 is 29.2. The van der Waals surface area contributed by atoms with E-state index in [-0.39, 0.29) is 17.3 Å². The number of sulfone groups is 1. The van der Waals surface area contributed by atoms with Crippen LogP contribution in [0.2, 0.25) is 0 Å². The minimum atomic E-state index is -2.86. The maximum Gasteiger partial charge on any atom is 0.150 e. The minimum Gasteiger partial charge on any atom is -0.377 e. The lowest BCUT2D eigenvalue weighted by Gasteiger charge is -2.32. The van der Waals surface area contributed by atoms with Crippen LogP contribution in [0, 0.1) is 11.3 Å². The Morgan fingerprint density at radius 3 is 2.65 bits per heavy atom. The Balaban J connectivity index is 2.03. The predicted octanol–water partition coefficient (Wildman–Crippen LogP) is 2.39. The smallest absolute Gasteiger partial charge is 0.150 e. The van der Waals surface area contributed by atoms with Crippen LogP contribution in [0.1, 0.15) is 32.6 Å². The molecule has 5 heteroatoms. The highest BCUT2D eigenvalue weighted by molar-refractivity contribution is 9.09. The first-order chi connectivity index (χ1) is 8.03. The second-order valence-corrected chi connectivity index (χ2v) is 8.39. The number of rotatable bonds is 6. The van der Waals surface area contributed by atoms with Gasteiger partial charge in [0.1, 0.15) is 9.84 Å². The molecule has 2 atom stereocenters. The lowest BCUT2D eigenvalue weighted by atomic mass is 9.78. The summed E-state index contributed by atoms with van der Waals surface area (Å²) in [6.07, 6.45) is 4.53. The monoisotopic (exact) mass is 324 g/mol. The zero-order chi connectivity index (χ0) is 12.5. The van der Waals surface area contributed by atoms with Crippen LogP contribution in [0.4, 0.5) is 0 Å². The summed E-state index contributed by atoms with van der Waals surface area (Å²) in [6.45, 7) is 2.51. The molecule has 3 nitrogen and oxygen atoms in total. The summed E-state index contributed by atoms with van der Waals surface area (Å²) >= 11 is 3.58. The van der Waals surface area contributed by atoms with Crippen LogP contribution in [0.15, 0.2) is 0 Å². The molecule has 1 aliphatic carbocycles. The fourth-order valence-corrected chi connectivity index (χ4v) is 4.61. The fourth-order valence-electron chi connectivity index (χ4n) is 2.72. The first kappa shape index (κ1) is 13.8. The molecule has 0 aromatic heterocycles. The van der Waals surface area contributed by atoms with Crippen molar-refractivity contribution in [3.8, 4) is 0 Å². The molecule has 1 aliphatic heterocycles. The molecular formula is C12H21BrO3S. The Morgan fingerprint density at radius 2 is 2.12 bits per heavy atom. The molecule has 17 heavy (non-hydrogen) atoms. The molecule has 0 aromatic rings. The van der Waals surface area contributed by atoms with Gasteiger partial charge in [-0.1, -0.05) is 22.9 Å². The zero-order valence-electron chi connectivity index (χ0n) is 10.3. The van der Waals surface area contributed by atoms with Crippen molar-refractivity contribution in [3.05, 3.63) is 0 Å². The Morgan fingerprint density at radius 1 is 1.41 bits per heavy atom. The van der Waals surface area contributed by atoms with Crippen molar-refractivity contribution in [2.75, 3.05) is 23.4 Å². The van der Waals surface area contributed by atoms with Crippen LogP contribution in [-0.4, -0.2) is 38.0 Å². The van der Waals surface area contributed by atoms with E-state index in [9.17, 15) is 8.42 Å². The van der Waals surface area contributed by atoms with Gasteiger partial charge in [-0.3, -0.25) is 0 Å². The van der Waals surface area contributed by atoms with Crippen molar-refractivity contribution in [2.45, 2.75) is 38.7 Å². The standard InChI is InChI=1S/C12H21BrO3S/c1-2-17(14,15)8-6-12(9-13)5-7-16-11(12)10-3-4-10/h10-11H,2-9H2,1H3. The van der Waals surface area contributed by atoms with E-state index in [1.807, 2.05) is 0 Å².